The molecule has 86 valence electrons. The summed E-state index contributed by atoms with van der Waals surface area (Å²) in [5.41, 5.74) is 6.31. The van der Waals surface area contributed by atoms with Crippen molar-refractivity contribution in [2.24, 2.45) is 0 Å². The van der Waals surface area contributed by atoms with Crippen molar-refractivity contribution in [3.05, 3.63) is 11.3 Å². The summed E-state index contributed by atoms with van der Waals surface area (Å²) in [6.07, 6.45) is 1.17. The lowest BCUT2D eigenvalue weighted by Gasteiger charge is -2.10. The van der Waals surface area contributed by atoms with Gasteiger partial charge in [0.15, 0.2) is 21.4 Å². The van der Waals surface area contributed by atoms with Crippen LogP contribution in [0.25, 0.3) is 0 Å². The fourth-order valence-corrected chi connectivity index (χ4v) is 1.95. The van der Waals surface area contributed by atoms with E-state index in [1.165, 1.54) is 6.26 Å². The summed E-state index contributed by atoms with van der Waals surface area (Å²) in [6, 6.07) is 0. The SMILES string of the molecule is CC(C)c1c(N)noc1C(C)S(C)(=O)=O. The van der Waals surface area contributed by atoms with Gasteiger partial charge < -0.3 is 10.3 Å². The topological polar surface area (TPSA) is 86.2 Å². The predicted molar refractivity (Wildman–Crippen MR) is 58.3 cm³/mol. The Morgan fingerprint density at radius 3 is 2.27 bits per heavy atom. The lowest BCUT2D eigenvalue weighted by molar-refractivity contribution is 0.381. The highest BCUT2D eigenvalue weighted by Gasteiger charge is 2.28. The van der Waals surface area contributed by atoms with Crippen molar-refractivity contribution in [1.82, 2.24) is 5.16 Å². The van der Waals surface area contributed by atoms with Gasteiger partial charge in [0.25, 0.3) is 0 Å². The van der Waals surface area contributed by atoms with Gasteiger partial charge in [-0.2, -0.15) is 0 Å². The molecule has 0 aliphatic carbocycles. The molecule has 0 bridgehead atoms. The number of nitrogens with zero attached hydrogens (tertiary/aromatic N) is 1. The van der Waals surface area contributed by atoms with Crippen molar-refractivity contribution >= 4 is 15.7 Å². The molecule has 1 rings (SSSR count). The van der Waals surface area contributed by atoms with Crippen LogP contribution in [0.5, 0.6) is 0 Å². The highest BCUT2D eigenvalue weighted by Crippen LogP contribution is 2.32. The van der Waals surface area contributed by atoms with Crippen molar-refractivity contribution in [3.63, 3.8) is 0 Å². The molecule has 0 saturated carbocycles. The van der Waals surface area contributed by atoms with Gasteiger partial charge in [0, 0.05) is 11.8 Å². The maximum absolute atomic E-state index is 11.4. The van der Waals surface area contributed by atoms with Crippen molar-refractivity contribution in [2.45, 2.75) is 31.9 Å². The minimum Gasteiger partial charge on any atom is -0.381 e. The van der Waals surface area contributed by atoms with E-state index in [9.17, 15) is 8.42 Å². The van der Waals surface area contributed by atoms with Gasteiger partial charge in [0.05, 0.1) is 0 Å². The Bertz CT molecular complexity index is 448. The van der Waals surface area contributed by atoms with Gasteiger partial charge in [-0.3, -0.25) is 0 Å². The molecule has 5 nitrogen and oxygen atoms in total. The van der Waals surface area contributed by atoms with Crippen LogP contribution in [0.4, 0.5) is 5.82 Å². The lowest BCUT2D eigenvalue weighted by atomic mass is 10.0. The summed E-state index contributed by atoms with van der Waals surface area (Å²) < 4.78 is 27.8. The molecule has 1 unspecified atom stereocenters. The highest BCUT2D eigenvalue weighted by atomic mass is 32.2. The molecular formula is C9H16N2O3S. The van der Waals surface area contributed by atoms with E-state index in [-0.39, 0.29) is 11.7 Å². The molecule has 1 aromatic heterocycles. The predicted octanol–water partition coefficient (Wildman–Crippen LogP) is 1.49. The minimum absolute atomic E-state index is 0.0930. The molecule has 0 aliphatic rings. The third kappa shape index (κ3) is 2.31. The molecule has 0 spiro atoms. The second kappa shape index (κ2) is 3.84. The molecule has 15 heavy (non-hydrogen) atoms. The van der Waals surface area contributed by atoms with E-state index in [2.05, 4.69) is 5.16 Å². The zero-order valence-corrected chi connectivity index (χ0v) is 10.1. The Hall–Kier alpha value is -1.04. The van der Waals surface area contributed by atoms with Crippen molar-refractivity contribution in [1.29, 1.82) is 0 Å². The Morgan fingerprint density at radius 2 is 1.87 bits per heavy atom. The van der Waals surface area contributed by atoms with Crippen LogP contribution in [0.2, 0.25) is 0 Å². The maximum Gasteiger partial charge on any atom is 0.170 e. The van der Waals surface area contributed by atoms with Gasteiger partial charge in [0.1, 0.15) is 5.25 Å². The fraction of sp³-hybridized carbons (Fsp3) is 0.667. The van der Waals surface area contributed by atoms with Crippen LogP contribution in [0.3, 0.4) is 0 Å². The molecule has 0 fully saturated rings. The van der Waals surface area contributed by atoms with E-state index >= 15 is 0 Å². The first-order valence-electron chi connectivity index (χ1n) is 4.69. The van der Waals surface area contributed by atoms with Gasteiger partial charge in [0.2, 0.25) is 0 Å². The number of aromatic nitrogens is 1. The van der Waals surface area contributed by atoms with Gasteiger partial charge in [-0.15, -0.1) is 0 Å². The largest absolute Gasteiger partial charge is 0.381 e. The second-order valence-corrected chi connectivity index (χ2v) is 6.34. The number of sulfone groups is 1. The monoisotopic (exact) mass is 232 g/mol. The molecule has 0 aromatic carbocycles. The molecule has 1 atom stereocenters. The van der Waals surface area contributed by atoms with E-state index < -0.39 is 15.1 Å². The number of nitrogen functional groups attached to an aromatic ring is 1. The standard InChI is InChI=1S/C9H16N2O3S/c1-5(2)7-8(14-11-9(7)10)6(3)15(4,12)13/h5-6H,1-4H3,(H2,10,11). The van der Waals surface area contributed by atoms with Gasteiger partial charge >= 0.3 is 0 Å². The summed E-state index contributed by atoms with van der Waals surface area (Å²) in [4.78, 5) is 0. The molecule has 0 amide bonds. The van der Waals surface area contributed by atoms with Crippen LogP contribution in [-0.4, -0.2) is 19.8 Å². The second-order valence-electron chi connectivity index (χ2n) is 3.97. The number of rotatable bonds is 3. The Balaban J connectivity index is 3.27. The fourth-order valence-electron chi connectivity index (χ4n) is 1.39. The van der Waals surface area contributed by atoms with Crippen LogP contribution < -0.4 is 5.73 Å². The first-order chi connectivity index (χ1) is 6.75. The normalized spacial score (nSPS) is 14.5. The summed E-state index contributed by atoms with van der Waals surface area (Å²) >= 11 is 0. The highest BCUT2D eigenvalue weighted by molar-refractivity contribution is 7.90. The first kappa shape index (κ1) is 12.0. The summed E-state index contributed by atoms with van der Waals surface area (Å²) in [6.45, 7) is 5.41. The van der Waals surface area contributed by atoms with E-state index in [0.29, 0.717) is 11.3 Å². The Labute approximate surface area is 89.6 Å². The summed E-state index contributed by atoms with van der Waals surface area (Å²) in [5, 5.41) is 2.90. The van der Waals surface area contributed by atoms with Gasteiger partial charge in [-0.25, -0.2) is 8.42 Å². The van der Waals surface area contributed by atoms with Crippen LogP contribution in [0, 0.1) is 0 Å². The van der Waals surface area contributed by atoms with E-state index in [1.807, 2.05) is 13.8 Å². The molecule has 1 aromatic rings. The lowest BCUT2D eigenvalue weighted by Crippen LogP contribution is -2.09. The van der Waals surface area contributed by atoms with Crippen LogP contribution in [0.1, 0.15) is 43.3 Å². The molecule has 0 radical (unpaired) electrons. The smallest absolute Gasteiger partial charge is 0.170 e. The van der Waals surface area contributed by atoms with Crippen molar-refractivity contribution < 1.29 is 12.9 Å². The van der Waals surface area contributed by atoms with E-state index in [0.717, 1.165) is 0 Å². The summed E-state index contributed by atoms with van der Waals surface area (Å²) in [7, 11) is -3.19. The van der Waals surface area contributed by atoms with Crippen molar-refractivity contribution in [3.8, 4) is 0 Å². The maximum atomic E-state index is 11.4. The quantitative estimate of drug-likeness (QED) is 0.853. The zero-order valence-electron chi connectivity index (χ0n) is 9.31. The first-order valence-corrected chi connectivity index (χ1v) is 6.64. The third-order valence-corrected chi connectivity index (χ3v) is 3.87. The number of hydrogen-bond acceptors (Lipinski definition) is 5. The third-order valence-electron chi connectivity index (χ3n) is 2.37. The molecule has 6 heteroatoms. The Kier molecular flexibility index (Phi) is 3.08. The average molecular weight is 232 g/mol. The van der Waals surface area contributed by atoms with Crippen molar-refractivity contribution in [2.75, 3.05) is 12.0 Å². The molecule has 1 heterocycles. The van der Waals surface area contributed by atoms with Gasteiger partial charge in [-0.1, -0.05) is 19.0 Å². The van der Waals surface area contributed by atoms with E-state index in [4.69, 9.17) is 10.3 Å². The molecule has 2 N–H and O–H groups in total. The number of nitrogens with two attached hydrogens (primary N) is 1. The zero-order chi connectivity index (χ0) is 11.8. The van der Waals surface area contributed by atoms with Gasteiger partial charge in [-0.05, 0) is 12.8 Å². The van der Waals surface area contributed by atoms with E-state index in [1.54, 1.807) is 6.92 Å². The average Bonchev–Trinajstić information content (AvgIpc) is 2.43. The minimum atomic E-state index is -3.19. The summed E-state index contributed by atoms with van der Waals surface area (Å²) in [5.74, 6) is 0.718. The van der Waals surface area contributed by atoms with Crippen LogP contribution >= 0.6 is 0 Å². The number of hydrogen-bond donors (Lipinski definition) is 1. The Morgan fingerprint density at radius 1 is 1.33 bits per heavy atom. The molecule has 0 aliphatic heterocycles. The van der Waals surface area contributed by atoms with Crippen LogP contribution in [-0.2, 0) is 9.84 Å². The molecule has 0 saturated heterocycles. The van der Waals surface area contributed by atoms with Crippen LogP contribution in [0.15, 0.2) is 4.52 Å². The number of anilines is 1. The molecular weight excluding hydrogens is 216 g/mol.